The number of methoxy groups -OCH3 is 1. The lowest BCUT2D eigenvalue weighted by Gasteiger charge is -2.34. The molecule has 1 heterocycles. The monoisotopic (exact) mass is 234 g/mol. The van der Waals surface area contributed by atoms with Gasteiger partial charge in [0.15, 0.2) is 0 Å². The summed E-state index contributed by atoms with van der Waals surface area (Å²) in [6.45, 7) is 5.23. The average Bonchev–Trinajstić information content (AvgIpc) is 2.36. The van der Waals surface area contributed by atoms with E-state index in [4.69, 9.17) is 10.5 Å². The minimum atomic E-state index is 0.574. The number of anilines is 1. The number of nitrogen functional groups attached to an aromatic ring is 1. The second-order valence-corrected chi connectivity index (χ2v) is 4.84. The van der Waals surface area contributed by atoms with E-state index in [1.807, 2.05) is 6.07 Å². The second kappa shape index (κ2) is 5.52. The van der Waals surface area contributed by atoms with Crippen LogP contribution in [0.5, 0.6) is 0 Å². The van der Waals surface area contributed by atoms with Gasteiger partial charge in [-0.1, -0.05) is 12.1 Å². The molecule has 1 aliphatic heterocycles. The highest BCUT2D eigenvalue weighted by atomic mass is 16.5. The molecule has 0 fully saturated rings. The highest BCUT2D eigenvalue weighted by molar-refractivity contribution is 5.51. The van der Waals surface area contributed by atoms with Gasteiger partial charge in [-0.15, -0.1) is 0 Å². The quantitative estimate of drug-likeness (QED) is 0.810. The molecule has 0 radical (unpaired) electrons. The third-order valence-electron chi connectivity index (χ3n) is 3.69. The standard InChI is InChI=1S/C14H22N2O/c1-11(7-9-17-2)16-8-6-13-12(10-16)4-3-5-14(13)15/h3-5,11H,6-10,15H2,1-2H3. The van der Waals surface area contributed by atoms with Crippen LogP contribution >= 0.6 is 0 Å². The number of nitrogens with zero attached hydrogens (tertiary/aromatic N) is 1. The molecule has 0 spiro atoms. The molecule has 17 heavy (non-hydrogen) atoms. The van der Waals surface area contributed by atoms with Crippen molar-refractivity contribution in [2.45, 2.75) is 32.4 Å². The predicted molar refractivity (Wildman–Crippen MR) is 70.9 cm³/mol. The molecule has 0 aromatic heterocycles. The highest BCUT2D eigenvalue weighted by Gasteiger charge is 2.21. The summed E-state index contributed by atoms with van der Waals surface area (Å²) in [5.41, 5.74) is 9.69. The summed E-state index contributed by atoms with van der Waals surface area (Å²) < 4.78 is 5.15. The lowest BCUT2D eigenvalue weighted by molar-refractivity contribution is 0.129. The maximum atomic E-state index is 6.00. The molecule has 1 atom stereocenters. The summed E-state index contributed by atoms with van der Waals surface area (Å²) in [5.74, 6) is 0. The minimum absolute atomic E-state index is 0.574. The molecule has 3 heteroatoms. The fourth-order valence-electron chi connectivity index (χ4n) is 2.51. The molecule has 0 aliphatic carbocycles. The number of nitrogens with two attached hydrogens (primary N) is 1. The first-order chi connectivity index (χ1) is 8.22. The number of ether oxygens (including phenoxy) is 1. The van der Waals surface area contributed by atoms with Crippen LogP contribution in [0.2, 0.25) is 0 Å². The Morgan fingerprint density at radius 3 is 3.06 bits per heavy atom. The third-order valence-corrected chi connectivity index (χ3v) is 3.69. The van der Waals surface area contributed by atoms with Gasteiger partial charge in [-0.05, 0) is 37.0 Å². The van der Waals surface area contributed by atoms with Gasteiger partial charge in [0, 0.05) is 38.5 Å². The van der Waals surface area contributed by atoms with E-state index in [1.54, 1.807) is 7.11 Å². The summed E-state index contributed by atoms with van der Waals surface area (Å²) in [4.78, 5) is 2.51. The summed E-state index contributed by atoms with van der Waals surface area (Å²) in [7, 11) is 1.76. The van der Waals surface area contributed by atoms with Crippen molar-refractivity contribution in [1.82, 2.24) is 4.90 Å². The van der Waals surface area contributed by atoms with Crippen molar-refractivity contribution in [3.8, 4) is 0 Å². The number of benzene rings is 1. The van der Waals surface area contributed by atoms with Gasteiger partial charge in [-0.25, -0.2) is 0 Å². The Bertz CT molecular complexity index is 378. The highest BCUT2D eigenvalue weighted by Crippen LogP contribution is 2.25. The average molecular weight is 234 g/mol. The van der Waals surface area contributed by atoms with Gasteiger partial charge in [0.1, 0.15) is 0 Å². The predicted octanol–water partition coefficient (Wildman–Crippen LogP) is 2.05. The first kappa shape index (κ1) is 12.4. The van der Waals surface area contributed by atoms with E-state index in [0.717, 1.165) is 38.2 Å². The van der Waals surface area contributed by atoms with Crippen molar-refractivity contribution in [1.29, 1.82) is 0 Å². The van der Waals surface area contributed by atoms with Crippen LogP contribution in [0.25, 0.3) is 0 Å². The van der Waals surface area contributed by atoms with E-state index in [1.165, 1.54) is 11.1 Å². The van der Waals surface area contributed by atoms with Gasteiger partial charge >= 0.3 is 0 Å². The van der Waals surface area contributed by atoms with Gasteiger partial charge in [0.2, 0.25) is 0 Å². The number of hydrogen-bond acceptors (Lipinski definition) is 3. The zero-order valence-corrected chi connectivity index (χ0v) is 10.8. The lowest BCUT2D eigenvalue weighted by atomic mass is 9.96. The summed E-state index contributed by atoms with van der Waals surface area (Å²) >= 11 is 0. The smallest absolute Gasteiger partial charge is 0.0477 e. The van der Waals surface area contributed by atoms with Crippen LogP contribution in [0.3, 0.4) is 0 Å². The van der Waals surface area contributed by atoms with E-state index < -0.39 is 0 Å². The molecule has 0 bridgehead atoms. The van der Waals surface area contributed by atoms with Gasteiger partial charge < -0.3 is 10.5 Å². The number of rotatable bonds is 4. The Morgan fingerprint density at radius 1 is 1.47 bits per heavy atom. The summed E-state index contributed by atoms with van der Waals surface area (Å²) in [6, 6.07) is 6.82. The Morgan fingerprint density at radius 2 is 2.29 bits per heavy atom. The van der Waals surface area contributed by atoms with Crippen molar-refractivity contribution < 1.29 is 4.74 Å². The molecule has 94 valence electrons. The van der Waals surface area contributed by atoms with E-state index in [-0.39, 0.29) is 0 Å². The Balaban J connectivity index is 2.03. The summed E-state index contributed by atoms with van der Waals surface area (Å²) in [6.07, 6.45) is 2.16. The molecule has 0 saturated heterocycles. The molecule has 1 aromatic rings. The molecule has 1 aromatic carbocycles. The number of fused-ring (bicyclic) bond motifs is 1. The van der Waals surface area contributed by atoms with Crippen molar-refractivity contribution in [3.63, 3.8) is 0 Å². The van der Waals surface area contributed by atoms with Crippen molar-refractivity contribution >= 4 is 5.69 Å². The normalized spacial score (nSPS) is 17.8. The maximum Gasteiger partial charge on any atom is 0.0477 e. The van der Waals surface area contributed by atoms with Crippen LogP contribution in [0, 0.1) is 0 Å². The molecular formula is C14H22N2O. The largest absolute Gasteiger partial charge is 0.398 e. The van der Waals surface area contributed by atoms with Crippen molar-refractivity contribution in [2.75, 3.05) is 26.0 Å². The fourth-order valence-corrected chi connectivity index (χ4v) is 2.51. The van der Waals surface area contributed by atoms with Crippen LogP contribution < -0.4 is 5.73 Å². The van der Waals surface area contributed by atoms with Gasteiger partial charge in [0.05, 0.1) is 0 Å². The van der Waals surface area contributed by atoms with Crippen molar-refractivity contribution in [3.05, 3.63) is 29.3 Å². The van der Waals surface area contributed by atoms with Gasteiger partial charge in [-0.2, -0.15) is 0 Å². The first-order valence-corrected chi connectivity index (χ1v) is 6.31. The molecule has 0 amide bonds. The van der Waals surface area contributed by atoms with E-state index in [0.29, 0.717) is 6.04 Å². The van der Waals surface area contributed by atoms with E-state index in [9.17, 15) is 0 Å². The van der Waals surface area contributed by atoms with E-state index in [2.05, 4.69) is 24.0 Å². The maximum absolute atomic E-state index is 6.00. The molecule has 2 rings (SSSR count). The minimum Gasteiger partial charge on any atom is -0.398 e. The zero-order valence-electron chi connectivity index (χ0n) is 10.8. The molecule has 1 unspecified atom stereocenters. The van der Waals surface area contributed by atoms with Crippen LogP contribution in [0.4, 0.5) is 5.69 Å². The number of hydrogen-bond donors (Lipinski definition) is 1. The molecular weight excluding hydrogens is 212 g/mol. The molecule has 2 N–H and O–H groups in total. The zero-order chi connectivity index (χ0) is 12.3. The SMILES string of the molecule is COCCC(C)N1CCc2c(N)cccc2C1. The first-order valence-electron chi connectivity index (χ1n) is 6.31. The Kier molecular flexibility index (Phi) is 4.02. The molecule has 1 aliphatic rings. The Labute approximate surface area is 104 Å². The summed E-state index contributed by atoms with van der Waals surface area (Å²) in [5, 5.41) is 0. The van der Waals surface area contributed by atoms with E-state index >= 15 is 0 Å². The third kappa shape index (κ3) is 2.79. The van der Waals surface area contributed by atoms with Crippen LogP contribution in [0.1, 0.15) is 24.5 Å². The molecule has 3 nitrogen and oxygen atoms in total. The van der Waals surface area contributed by atoms with Gasteiger partial charge in [0.25, 0.3) is 0 Å². The second-order valence-electron chi connectivity index (χ2n) is 4.84. The Hall–Kier alpha value is -1.06. The van der Waals surface area contributed by atoms with Crippen molar-refractivity contribution in [2.24, 2.45) is 0 Å². The molecule has 0 saturated carbocycles. The fraction of sp³-hybridized carbons (Fsp3) is 0.571. The van der Waals surface area contributed by atoms with Crippen LogP contribution in [0.15, 0.2) is 18.2 Å². The topological polar surface area (TPSA) is 38.5 Å². The lowest BCUT2D eigenvalue weighted by Crippen LogP contribution is -2.38. The van der Waals surface area contributed by atoms with Crippen LogP contribution in [-0.4, -0.2) is 31.2 Å². The van der Waals surface area contributed by atoms with Gasteiger partial charge in [-0.3, -0.25) is 4.90 Å². The van der Waals surface area contributed by atoms with Crippen LogP contribution in [-0.2, 0) is 17.7 Å².